The zero-order valence-electron chi connectivity index (χ0n) is 8.50. The number of benzene rings is 1. The van der Waals surface area contributed by atoms with Crippen molar-refractivity contribution in [2.24, 2.45) is 0 Å². The molecule has 1 nitrogen and oxygen atoms in total. The van der Waals surface area contributed by atoms with Crippen LogP contribution in [0.1, 0.15) is 23.2 Å². The zero-order chi connectivity index (χ0) is 13.2. The van der Waals surface area contributed by atoms with Crippen LogP contribution in [0.25, 0.3) is 0 Å². The summed E-state index contributed by atoms with van der Waals surface area (Å²) in [5, 5.41) is 0. The van der Waals surface area contributed by atoms with E-state index in [0.717, 1.165) is 0 Å². The summed E-state index contributed by atoms with van der Waals surface area (Å²) in [6.07, 6.45) is 1.00. The predicted molar refractivity (Wildman–Crippen MR) is 50.0 cm³/mol. The minimum atomic E-state index is -2.28. The molecule has 0 aliphatic carbocycles. The Labute approximate surface area is 93.6 Å². The van der Waals surface area contributed by atoms with Gasteiger partial charge in [-0.25, -0.2) is 22.0 Å². The standard InChI is InChI=1S/C11H7F5O/c1-2-3-4-5(17)6-7(12)9(14)11(16)10(15)8(6)13/h2H,1,3-4H2. The van der Waals surface area contributed by atoms with Gasteiger partial charge in [0.05, 0.1) is 5.56 Å². The van der Waals surface area contributed by atoms with Crippen LogP contribution in [-0.2, 0) is 0 Å². The van der Waals surface area contributed by atoms with E-state index in [4.69, 9.17) is 0 Å². The minimum Gasteiger partial charge on any atom is -0.294 e. The van der Waals surface area contributed by atoms with Gasteiger partial charge in [0, 0.05) is 6.42 Å². The van der Waals surface area contributed by atoms with Crippen molar-refractivity contribution >= 4 is 5.78 Å². The van der Waals surface area contributed by atoms with E-state index in [2.05, 4.69) is 6.58 Å². The molecule has 0 unspecified atom stereocenters. The van der Waals surface area contributed by atoms with Crippen LogP contribution in [0.4, 0.5) is 22.0 Å². The normalized spacial score (nSPS) is 10.4. The summed E-state index contributed by atoms with van der Waals surface area (Å²) in [5.74, 6) is -11.9. The topological polar surface area (TPSA) is 17.1 Å². The molecule has 1 aromatic rings. The molecule has 0 radical (unpaired) electrons. The molecule has 0 bridgehead atoms. The molecule has 0 N–H and O–H groups in total. The number of allylic oxidation sites excluding steroid dienone is 1. The molecular weight excluding hydrogens is 243 g/mol. The Kier molecular flexibility index (Phi) is 3.98. The molecule has 17 heavy (non-hydrogen) atoms. The van der Waals surface area contributed by atoms with Crippen molar-refractivity contribution in [3.05, 3.63) is 47.3 Å². The fourth-order valence-corrected chi connectivity index (χ4v) is 1.21. The van der Waals surface area contributed by atoms with Gasteiger partial charge in [-0.2, -0.15) is 0 Å². The molecule has 1 rings (SSSR count). The maximum Gasteiger partial charge on any atom is 0.200 e. The molecule has 0 aliphatic rings. The van der Waals surface area contributed by atoms with Crippen molar-refractivity contribution in [3.63, 3.8) is 0 Å². The number of rotatable bonds is 4. The summed E-state index contributed by atoms with van der Waals surface area (Å²) in [6.45, 7) is 3.27. The average Bonchev–Trinajstić information content (AvgIpc) is 2.31. The highest BCUT2D eigenvalue weighted by molar-refractivity contribution is 5.96. The van der Waals surface area contributed by atoms with Crippen LogP contribution in [-0.4, -0.2) is 5.78 Å². The summed E-state index contributed by atoms with van der Waals surface area (Å²) in [6, 6.07) is 0. The molecule has 92 valence electrons. The Morgan fingerprint density at radius 2 is 1.35 bits per heavy atom. The fourth-order valence-electron chi connectivity index (χ4n) is 1.21. The van der Waals surface area contributed by atoms with Gasteiger partial charge in [0.15, 0.2) is 29.1 Å². The van der Waals surface area contributed by atoms with E-state index in [9.17, 15) is 26.7 Å². The van der Waals surface area contributed by atoms with Crippen LogP contribution in [0.2, 0.25) is 0 Å². The third-order valence-corrected chi connectivity index (χ3v) is 2.06. The van der Waals surface area contributed by atoms with Crippen LogP contribution < -0.4 is 0 Å². The Morgan fingerprint density at radius 1 is 0.941 bits per heavy atom. The van der Waals surface area contributed by atoms with Gasteiger partial charge in [0.25, 0.3) is 0 Å². The second-order valence-corrected chi connectivity index (χ2v) is 3.20. The van der Waals surface area contributed by atoms with Gasteiger partial charge >= 0.3 is 0 Å². The smallest absolute Gasteiger partial charge is 0.200 e. The van der Waals surface area contributed by atoms with Gasteiger partial charge in [0.2, 0.25) is 5.82 Å². The van der Waals surface area contributed by atoms with E-state index in [1.165, 1.54) is 6.08 Å². The first-order valence-electron chi connectivity index (χ1n) is 4.57. The SMILES string of the molecule is C=CCCC(=O)c1c(F)c(F)c(F)c(F)c1F. The average molecular weight is 250 g/mol. The van der Waals surface area contributed by atoms with E-state index in [1.807, 2.05) is 0 Å². The second kappa shape index (κ2) is 5.07. The lowest BCUT2D eigenvalue weighted by molar-refractivity contribution is 0.0972. The highest BCUT2D eigenvalue weighted by atomic mass is 19.2. The molecule has 0 spiro atoms. The van der Waals surface area contributed by atoms with Gasteiger partial charge in [-0.1, -0.05) is 6.08 Å². The second-order valence-electron chi connectivity index (χ2n) is 3.20. The number of hydrogen-bond acceptors (Lipinski definition) is 1. The highest BCUT2D eigenvalue weighted by Crippen LogP contribution is 2.24. The lowest BCUT2D eigenvalue weighted by atomic mass is 10.0. The van der Waals surface area contributed by atoms with Gasteiger partial charge in [-0.15, -0.1) is 6.58 Å². The van der Waals surface area contributed by atoms with Crippen molar-refractivity contribution in [2.75, 3.05) is 0 Å². The lowest BCUT2D eigenvalue weighted by Crippen LogP contribution is -2.12. The van der Waals surface area contributed by atoms with Crippen molar-refractivity contribution in [1.82, 2.24) is 0 Å². The highest BCUT2D eigenvalue weighted by Gasteiger charge is 2.28. The number of ketones is 1. The molecular formula is C11H7F5O. The van der Waals surface area contributed by atoms with Crippen molar-refractivity contribution in [2.45, 2.75) is 12.8 Å². The van der Waals surface area contributed by atoms with Crippen LogP contribution in [0.5, 0.6) is 0 Å². The molecule has 0 amide bonds. The molecule has 0 saturated carbocycles. The number of carbonyl (C=O) groups is 1. The van der Waals surface area contributed by atoms with Crippen molar-refractivity contribution < 1.29 is 26.7 Å². The van der Waals surface area contributed by atoms with E-state index in [1.54, 1.807) is 0 Å². The zero-order valence-corrected chi connectivity index (χ0v) is 8.50. The number of Topliss-reactive ketones (excluding diaryl/α,β-unsaturated/α-hetero) is 1. The molecule has 1 aromatic carbocycles. The quantitative estimate of drug-likeness (QED) is 0.262. The third-order valence-electron chi connectivity index (χ3n) is 2.06. The molecule has 6 heteroatoms. The number of carbonyl (C=O) groups excluding carboxylic acids is 1. The molecule has 0 aliphatic heterocycles. The van der Waals surface area contributed by atoms with Crippen LogP contribution >= 0.6 is 0 Å². The first-order valence-corrected chi connectivity index (χ1v) is 4.57. The summed E-state index contributed by atoms with van der Waals surface area (Å²) in [4.78, 5) is 11.3. The Morgan fingerprint density at radius 3 is 1.76 bits per heavy atom. The van der Waals surface area contributed by atoms with Crippen molar-refractivity contribution in [1.29, 1.82) is 0 Å². The third kappa shape index (κ3) is 2.35. The Bertz CT molecular complexity index is 452. The molecule has 0 atom stereocenters. The first kappa shape index (κ1) is 13.3. The van der Waals surface area contributed by atoms with Gasteiger partial charge in [-0.3, -0.25) is 4.79 Å². The molecule has 0 heterocycles. The number of hydrogen-bond donors (Lipinski definition) is 0. The van der Waals surface area contributed by atoms with Crippen molar-refractivity contribution in [3.8, 4) is 0 Å². The maximum atomic E-state index is 13.1. The monoisotopic (exact) mass is 250 g/mol. The number of halogens is 5. The van der Waals surface area contributed by atoms with Gasteiger partial charge in [-0.05, 0) is 6.42 Å². The first-order chi connectivity index (χ1) is 7.91. The van der Waals surface area contributed by atoms with E-state index in [0.29, 0.717) is 0 Å². The Hall–Kier alpha value is -1.72. The molecule has 0 aromatic heterocycles. The van der Waals surface area contributed by atoms with Crippen LogP contribution in [0, 0.1) is 29.1 Å². The summed E-state index contributed by atoms with van der Waals surface area (Å²) < 4.78 is 64.4. The van der Waals surface area contributed by atoms with Gasteiger partial charge < -0.3 is 0 Å². The lowest BCUT2D eigenvalue weighted by Gasteiger charge is -2.06. The van der Waals surface area contributed by atoms with Crippen LogP contribution in [0.15, 0.2) is 12.7 Å². The molecule has 0 fully saturated rings. The minimum absolute atomic E-state index is 0.0817. The largest absolute Gasteiger partial charge is 0.294 e. The predicted octanol–water partition coefficient (Wildman–Crippen LogP) is 3.53. The fraction of sp³-hybridized carbons (Fsp3) is 0.182. The van der Waals surface area contributed by atoms with E-state index in [-0.39, 0.29) is 12.8 Å². The molecule has 0 saturated heterocycles. The summed E-state index contributed by atoms with van der Waals surface area (Å²) in [7, 11) is 0. The van der Waals surface area contributed by atoms with Crippen LogP contribution in [0.3, 0.4) is 0 Å². The van der Waals surface area contributed by atoms with E-state index < -0.39 is 40.4 Å². The Balaban J connectivity index is 3.33. The van der Waals surface area contributed by atoms with E-state index >= 15 is 0 Å². The maximum absolute atomic E-state index is 13.1. The van der Waals surface area contributed by atoms with Gasteiger partial charge in [0.1, 0.15) is 0 Å². The summed E-state index contributed by atoms with van der Waals surface area (Å²) >= 11 is 0. The summed E-state index contributed by atoms with van der Waals surface area (Å²) in [5.41, 5.74) is -1.40.